The van der Waals surface area contributed by atoms with E-state index in [9.17, 15) is 8.78 Å². The lowest BCUT2D eigenvalue weighted by atomic mass is 10.2. The van der Waals surface area contributed by atoms with E-state index in [1.165, 1.54) is 24.1 Å². The number of aromatic nitrogens is 2. The van der Waals surface area contributed by atoms with Crippen molar-refractivity contribution in [2.75, 3.05) is 7.11 Å². The molecule has 0 aliphatic rings. The molecule has 0 unspecified atom stereocenters. The minimum absolute atomic E-state index is 0.0643. The predicted octanol–water partition coefficient (Wildman–Crippen LogP) is 5.20. The number of halogens is 2. The molecule has 0 bridgehead atoms. The molecule has 0 saturated heterocycles. The minimum atomic E-state index is -2.94. The summed E-state index contributed by atoms with van der Waals surface area (Å²) in [6.07, 6.45) is 1.64. The fourth-order valence-corrected chi connectivity index (χ4v) is 3.79. The number of hydrogen-bond acceptors (Lipinski definition) is 8. The Morgan fingerprint density at radius 3 is 2.71 bits per heavy atom. The van der Waals surface area contributed by atoms with Crippen LogP contribution in [-0.4, -0.2) is 28.8 Å². The number of ether oxygens (including phenoxy) is 2. The fraction of sp³-hybridized carbons (Fsp3) is 0.238. The fourth-order valence-electron chi connectivity index (χ4n) is 3.04. The molecule has 0 aliphatic heterocycles. The first kappa shape index (κ1) is 21.0. The average molecular weight is 447 g/mol. The van der Waals surface area contributed by atoms with Gasteiger partial charge in [0.25, 0.3) is 0 Å². The van der Waals surface area contributed by atoms with Crippen molar-refractivity contribution in [3.05, 3.63) is 70.6 Å². The van der Waals surface area contributed by atoms with Crippen molar-refractivity contribution in [1.82, 2.24) is 15.0 Å². The predicted molar refractivity (Wildman–Crippen MR) is 109 cm³/mol. The number of benzene rings is 1. The Bertz CT molecular complexity index is 1050. The number of methoxy groups -OCH3 is 1. The van der Waals surface area contributed by atoms with Crippen LogP contribution in [0.5, 0.6) is 11.5 Å². The van der Waals surface area contributed by atoms with Gasteiger partial charge in [-0.1, -0.05) is 11.2 Å². The summed E-state index contributed by atoms with van der Waals surface area (Å²) in [5.74, 6) is 1.67. The molecule has 10 heteroatoms. The minimum Gasteiger partial charge on any atom is -0.493 e. The van der Waals surface area contributed by atoms with Gasteiger partial charge in [-0.2, -0.15) is 13.8 Å². The first-order valence-corrected chi connectivity index (χ1v) is 10.2. The monoisotopic (exact) mass is 447 g/mol. The van der Waals surface area contributed by atoms with Gasteiger partial charge < -0.3 is 18.4 Å². The van der Waals surface area contributed by atoms with Gasteiger partial charge in [-0.25, -0.2) is 0 Å². The second-order valence-corrected chi connectivity index (χ2v) is 7.59. The van der Waals surface area contributed by atoms with Crippen molar-refractivity contribution in [3.63, 3.8) is 0 Å². The normalized spacial score (nSPS) is 11.4. The molecule has 3 aromatic heterocycles. The first-order chi connectivity index (χ1) is 15.1. The highest BCUT2D eigenvalue weighted by Gasteiger charge is 2.18. The molecule has 0 fully saturated rings. The smallest absolute Gasteiger partial charge is 0.387 e. The molecule has 0 aliphatic carbocycles. The summed E-state index contributed by atoms with van der Waals surface area (Å²) in [4.78, 5) is 7.78. The van der Waals surface area contributed by atoms with Crippen LogP contribution in [-0.2, 0) is 19.6 Å². The molecule has 0 spiro atoms. The topological polar surface area (TPSA) is 73.8 Å². The van der Waals surface area contributed by atoms with Gasteiger partial charge in [0.15, 0.2) is 11.5 Å². The van der Waals surface area contributed by atoms with Crippen LogP contribution in [0, 0.1) is 0 Å². The second-order valence-electron chi connectivity index (χ2n) is 6.56. The number of hydrogen-bond donors (Lipinski definition) is 0. The second kappa shape index (κ2) is 9.71. The molecule has 0 atom stereocenters. The lowest BCUT2D eigenvalue weighted by Crippen LogP contribution is -2.21. The van der Waals surface area contributed by atoms with E-state index >= 15 is 0 Å². The number of thiophene rings is 1. The third kappa shape index (κ3) is 5.47. The summed E-state index contributed by atoms with van der Waals surface area (Å²) in [5, 5.41) is 6.05. The van der Waals surface area contributed by atoms with Crippen LogP contribution in [0.2, 0.25) is 0 Å². The summed E-state index contributed by atoms with van der Waals surface area (Å²) in [7, 11) is 1.37. The average Bonchev–Trinajstić information content (AvgIpc) is 3.51. The van der Waals surface area contributed by atoms with Gasteiger partial charge in [-0.3, -0.25) is 4.90 Å². The number of alkyl halides is 2. The number of furan rings is 1. The molecule has 4 rings (SSSR count). The molecular formula is C21H19F2N3O4S. The summed E-state index contributed by atoms with van der Waals surface area (Å²) < 4.78 is 45.5. The molecule has 31 heavy (non-hydrogen) atoms. The quantitative estimate of drug-likeness (QED) is 0.331. The van der Waals surface area contributed by atoms with Gasteiger partial charge >= 0.3 is 6.61 Å². The number of nitrogens with zero attached hydrogens (tertiary/aromatic N) is 3. The van der Waals surface area contributed by atoms with E-state index < -0.39 is 6.61 Å². The molecule has 7 nitrogen and oxygen atoms in total. The van der Waals surface area contributed by atoms with Gasteiger partial charge in [-0.15, -0.1) is 11.3 Å². The maximum Gasteiger partial charge on any atom is 0.387 e. The molecule has 4 aromatic rings. The molecule has 162 valence electrons. The highest BCUT2D eigenvalue weighted by atomic mass is 32.1. The van der Waals surface area contributed by atoms with Gasteiger partial charge in [0.05, 0.1) is 26.5 Å². The molecule has 0 amide bonds. The zero-order valence-corrected chi connectivity index (χ0v) is 17.4. The summed E-state index contributed by atoms with van der Waals surface area (Å²) in [6.45, 7) is -1.25. The summed E-state index contributed by atoms with van der Waals surface area (Å²) >= 11 is 1.67. The van der Waals surface area contributed by atoms with Crippen LogP contribution in [0.1, 0.15) is 16.5 Å². The van der Waals surface area contributed by atoms with E-state index in [4.69, 9.17) is 13.7 Å². The van der Waals surface area contributed by atoms with Gasteiger partial charge in [0.2, 0.25) is 11.7 Å². The van der Waals surface area contributed by atoms with Crippen LogP contribution in [0.15, 0.2) is 63.0 Å². The SMILES string of the molecule is COc1cc(-c2noc(CN(Cc3ccco3)Cc3cccs3)n2)ccc1OC(F)F. The maximum atomic E-state index is 12.5. The van der Waals surface area contributed by atoms with Crippen LogP contribution in [0.4, 0.5) is 8.78 Å². The van der Waals surface area contributed by atoms with Crippen molar-refractivity contribution >= 4 is 11.3 Å². The zero-order chi connectivity index (χ0) is 21.6. The summed E-state index contributed by atoms with van der Waals surface area (Å²) in [6, 6.07) is 12.3. The maximum absolute atomic E-state index is 12.5. The van der Waals surface area contributed by atoms with Crippen molar-refractivity contribution in [2.24, 2.45) is 0 Å². The molecule has 3 heterocycles. The third-order valence-electron chi connectivity index (χ3n) is 4.38. The zero-order valence-electron chi connectivity index (χ0n) is 16.5. The van der Waals surface area contributed by atoms with Crippen LogP contribution < -0.4 is 9.47 Å². The third-order valence-corrected chi connectivity index (χ3v) is 5.25. The molecule has 1 aromatic carbocycles. The Hall–Kier alpha value is -3.24. The Balaban J connectivity index is 1.51. The van der Waals surface area contributed by atoms with E-state index in [0.717, 1.165) is 5.76 Å². The van der Waals surface area contributed by atoms with Crippen molar-refractivity contribution in [2.45, 2.75) is 26.2 Å². The lowest BCUT2D eigenvalue weighted by molar-refractivity contribution is -0.0512. The highest BCUT2D eigenvalue weighted by molar-refractivity contribution is 7.09. The van der Waals surface area contributed by atoms with Crippen LogP contribution in [0.25, 0.3) is 11.4 Å². The molecular weight excluding hydrogens is 428 g/mol. The number of rotatable bonds is 10. The standard InChI is InChI=1S/C21H19F2N3O4S/c1-27-18-10-14(6-7-17(18)29-21(22)23)20-24-19(30-25-20)13-26(11-15-4-2-8-28-15)12-16-5-3-9-31-16/h2-10,21H,11-13H2,1H3. The Morgan fingerprint density at radius 1 is 1.10 bits per heavy atom. The first-order valence-electron chi connectivity index (χ1n) is 9.33. The van der Waals surface area contributed by atoms with Gasteiger partial charge in [0.1, 0.15) is 5.76 Å². The van der Waals surface area contributed by atoms with Crippen LogP contribution in [0.3, 0.4) is 0 Å². The van der Waals surface area contributed by atoms with Crippen molar-refractivity contribution in [3.8, 4) is 22.9 Å². The van der Waals surface area contributed by atoms with E-state index in [2.05, 4.69) is 25.8 Å². The highest BCUT2D eigenvalue weighted by Crippen LogP contribution is 2.32. The molecule has 0 N–H and O–H groups in total. The summed E-state index contributed by atoms with van der Waals surface area (Å²) in [5.41, 5.74) is 0.560. The molecule has 0 saturated carbocycles. The van der Waals surface area contributed by atoms with E-state index in [1.54, 1.807) is 23.7 Å². The van der Waals surface area contributed by atoms with Gasteiger partial charge in [-0.05, 0) is 41.8 Å². The van der Waals surface area contributed by atoms with Crippen molar-refractivity contribution in [1.29, 1.82) is 0 Å². The van der Waals surface area contributed by atoms with E-state index in [0.29, 0.717) is 36.9 Å². The Morgan fingerprint density at radius 2 is 2.00 bits per heavy atom. The largest absolute Gasteiger partial charge is 0.493 e. The Labute approximate surface area is 180 Å². The lowest BCUT2D eigenvalue weighted by Gasteiger charge is -2.18. The van der Waals surface area contributed by atoms with Gasteiger partial charge in [0, 0.05) is 17.0 Å². The molecule has 0 radical (unpaired) electrons. The van der Waals surface area contributed by atoms with Crippen LogP contribution >= 0.6 is 11.3 Å². The van der Waals surface area contributed by atoms with Crippen molar-refractivity contribution < 1.29 is 27.2 Å². The van der Waals surface area contributed by atoms with E-state index in [1.807, 2.05) is 23.6 Å². The Kier molecular flexibility index (Phi) is 6.58. The van der Waals surface area contributed by atoms with E-state index in [-0.39, 0.29) is 11.5 Å².